The molecule has 2 heteroatoms. The van der Waals surface area contributed by atoms with Gasteiger partial charge in [0.2, 0.25) is 0 Å². The average Bonchev–Trinajstić information content (AvgIpc) is 2.18. The lowest BCUT2D eigenvalue weighted by Crippen LogP contribution is -2.11. The van der Waals surface area contributed by atoms with Crippen LogP contribution < -0.4 is 0 Å². The zero-order valence-corrected chi connectivity index (χ0v) is 11.8. The Kier molecular flexibility index (Phi) is 9.36. The van der Waals surface area contributed by atoms with Gasteiger partial charge in [0, 0.05) is 6.42 Å². The first kappa shape index (κ1) is 18.8. The average molecular weight is 240 g/mol. The molecule has 0 aromatic carbocycles. The number of hydrogen-bond donors (Lipinski definition) is 1. The summed E-state index contributed by atoms with van der Waals surface area (Å²) < 4.78 is 0. The summed E-state index contributed by atoms with van der Waals surface area (Å²) in [7, 11) is 0. The summed E-state index contributed by atoms with van der Waals surface area (Å²) >= 11 is 0. The van der Waals surface area contributed by atoms with Crippen LogP contribution in [0.25, 0.3) is 0 Å². The second-order valence-corrected chi connectivity index (χ2v) is 5.45. The monoisotopic (exact) mass is 240 g/mol. The van der Waals surface area contributed by atoms with Gasteiger partial charge in [0.15, 0.2) is 0 Å². The highest BCUT2D eigenvalue weighted by molar-refractivity contribution is 5.32. The predicted molar refractivity (Wildman–Crippen MR) is 74.1 cm³/mol. The second kappa shape index (κ2) is 8.48. The molecule has 0 aliphatic heterocycles. The van der Waals surface area contributed by atoms with E-state index < -0.39 is 0 Å². The van der Waals surface area contributed by atoms with Crippen LogP contribution in [0.3, 0.4) is 0 Å². The molecule has 0 amide bonds. The molecule has 2 nitrogen and oxygen atoms in total. The first-order valence-electron chi connectivity index (χ1n) is 6.21. The maximum Gasteiger partial charge on any atom is 0.00826 e. The molecule has 100 valence electrons. The van der Waals surface area contributed by atoms with E-state index in [1.165, 1.54) is 17.6 Å². The van der Waals surface area contributed by atoms with Gasteiger partial charge in [-0.25, -0.2) is 0 Å². The number of rotatable bonds is 4. The molecule has 0 heterocycles. The van der Waals surface area contributed by atoms with E-state index in [0.29, 0.717) is 5.92 Å². The fourth-order valence-electron chi connectivity index (χ4n) is 1.98. The molecule has 0 aromatic rings. The van der Waals surface area contributed by atoms with Gasteiger partial charge in [0.25, 0.3) is 0 Å². The molecule has 0 aromatic heterocycles. The summed E-state index contributed by atoms with van der Waals surface area (Å²) in [4.78, 5) is 0. The van der Waals surface area contributed by atoms with E-state index in [4.69, 9.17) is 0 Å². The summed E-state index contributed by atoms with van der Waals surface area (Å²) in [5.74, 6) is 2.34. The molecule has 0 saturated heterocycles. The van der Waals surface area contributed by atoms with Crippen LogP contribution in [0.1, 0.15) is 47.5 Å². The van der Waals surface area contributed by atoms with Crippen molar-refractivity contribution in [3.63, 3.8) is 0 Å². The topological polar surface area (TPSA) is 61.5 Å². The zero-order valence-electron chi connectivity index (χ0n) is 11.8. The minimum absolute atomic E-state index is 0. The van der Waals surface area contributed by atoms with Gasteiger partial charge in [0.1, 0.15) is 0 Å². The van der Waals surface area contributed by atoms with E-state index in [1.54, 1.807) is 0 Å². The first-order chi connectivity index (χ1) is 7.00. The normalized spacial score (nSPS) is 18.5. The molecule has 0 spiro atoms. The van der Waals surface area contributed by atoms with Crippen LogP contribution in [0, 0.1) is 24.2 Å². The Morgan fingerprint density at radius 3 is 2.18 bits per heavy atom. The van der Waals surface area contributed by atoms with E-state index in [0.717, 1.165) is 18.3 Å². The molecule has 0 fully saturated rings. The minimum atomic E-state index is 0. The van der Waals surface area contributed by atoms with Crippen molar-refractivity contribution in [2.75, 3.05) is 0 Å². The van der Waals surface area contributed by atoms with Crippen molar-refractivity contribution in [1.82, 2.24) is 0 Å². The highest BCUT2D eigenvalue weighted by atomic mass is 16.0. The van der Waals surface area contributed by atoms with Gasteiger partial charge in [-0.05, 0) is 37.5 Å². The van der Waals surface area contributed by atoms with E-state index in [9.17, 15) is 0 Å². The van der Waals surface area contributed by atoms with E-state index in [-0.39, 0.29) is 11.0 Å². The van der Waals surface area contributed by atoms with E-state index >= 15 is 0 Å². The van der Waals surface area contributed by atoms with Crippen LogP contribution >= 0.6 is 0 Å². The van der Waals surface area contributed by atoms with Crippen LogP contribution in [0.4, 0.5) is 0 Å². The van der Waals surface area contributed by atoms with Gasteiger partial charge in [-0.1, -0.05) is 51.0 Å². The smallest absolute Gasteiger partial charge is 0.00826 e. The van der Waals surface area contributed by atoms with Crippen molar-refractivity contribution < 1.29 is 11.0 Å². The van der Waals surface area contributed by atoms with Crippen molar-refractivity contribution in [1.29, 1.82) is 0 Å². The summed E-state index contributed by atoms with van der Waals surface area (Å²) in [5.41, 5.74) is 3.01. The maximum absolute atomic E-state index is 2.40. The lowest BCUT2D eigenvalue weighted by molar-refractivity contribution is 0.353. The van der Waals surface area contributed by atoms with Crippen LogP contribution in [0.15, 0.2) is 23.3 Å². The minimum Gasteiger partial charge on any atom is -0.412 e. The van der Waals surface area contributed by atoms with Gasteiger partial charge in [-0.3, -0.25) is 5.48 Å². The van der Waals surface area contributed by atoms with Crippen molar-refractivity contribution in [2.24, 2.45) is 17.8 Å². The quantitative estimate of drug-likeness (QED) is 0.777. The Labute approximate surface area is 106 Å². The fraction of sp³-hybridized carbons (Fsp3) is 0.667. The molecule has 1 aliphatic carbocycles. The van der Waals surface area contributed by atoms with Crippen molar-refractivity contribution in [2.45, 2.75) is 47.5 Å². The fourth-order valence-corrected chi connectivity index (χ4v) is 1.98. The third-order valence-corrected chi connectivity index (χ3v) is 3.65. The lowest BCUT2D eigenvalue weighted by atomic mass is 9.82. The van der Waals surface area contributed by atoms with E-state index in [1.807, 2.05) is 0 Å². The molecule has 0 bridgehead atoms. The van der Waals surface area contributed by atoms with Gasteiger partial charge in [-0.2, -0.15) is 0 Å². The van der Waals surface area contributed by atoms with Crippen LogP contribution in [0.2, 0.25) is 0 Å². The standard InChI is InChI=1S/C15H25.H2O.HO/c1-11(2)13(4)10-14(5)15-8-6-12(3)7-9-15;;/h6,8-9,11,13-14H,7,10H2,1-5H3;1H2;1H. The Bertz CT molecular complexity index is 264. The highest BCUT2D eigenvalue weighted by Gasteiger charge is 2.16. The van der Waals surface area contributed by atoms with Crippen molar-refractivity contribution >= 4 is 0 Å². The molecule has 2 atom stereocenters. The Hall–Kier alpha value is -0.600. The van der Waals surface area contributed by atoms with Crippen LogP contribution in [0.5, 0.6) is 0 Å². The SMILES string of the molecule is CC1=C[CH]C(C(C)CC(C)C(C)C)=CC1.O.[OH]. The molecule has 17 heavy (non-hydrogen) atoms. The molecule has 3 N–H and O–H groups in total. The van der Waals surface area contributed by atoms with E-state index in [2.05, 4.69) is 53.2 Å². The number of allylic oxidation sites excluding steroid dienone is 4. The zero-order chi connectivity index (χ0) is 11.4. The molecule has 2 radical (unpaired) electrons. The molecule has 1 aliphatic rings. The molecule has 2 unspecified atom stereocenters. The van der Waals surface area contributed by atoms with Crippen molar-refractivity contribution in [3.05, 3.63) is 29.7 Å². The predicted octanol–water partition coefficient (Wildman–Crippen LogP) is 3.78. The maximum atomic E-state index is 2.40. The lowest BCUT2D eigenvalue weighted by Gasteiger charge is -2.23. The Morgan fingerprint density at radius 2 is 1.76 bits per heavy atom. The Balaban J connectivity index is 0. The van der Waals surface area contributed by atoms with Crippen molar-refractivity contribution in [3.8, 4) is 0 Å². The second-order valence-electron chi connectivity index (χ2n) is 5.45. The number of hydrogen-bond acceptors (Lipinski definition) is 0. The third kappa shape index (κ3) is 6.04. The molecule has 0 saturated carbocycles. The molecule has 1 rings (SSSR count). The van der Waals surface area contributed by atoms with Gasteiger partial charge in [0.05, 0.1) is 0 Å². The molecular weight excluding hydrogens is 212 g/mol. The van der Waals surface area contributed by atoms with Gasteiger partial charge < -0.3 is 5.48 Å². The van der Waals surface area contributed by atoms with Crippen LogP contribution in [-0.4, -0.2) is 11.0 Å². The summed E-state index contributed by atoms with van der Waals surface area (Å²) in [5, 5.41) is 0. The first-order valence-corrected chi connectivity index (χ1v) is 6.21. The van der Waals surface area contributed by atoms with Crippen LogP contribution in [-0.2, 0) is 0 Å². The third-order valence-electron chi connectivity index (χ3n) is 3.65. The van der Waals surface area contributed by atoms with Gasteiger partial charge >= 0.3 is 0 Å². The summed E-state index contributed by atoms with van der Waals surface area (Å²) in [6, 6.07) is 0. The molecular formula is C15H28O2. The highest BCUT2D eigenvalue weighted by Crippen LogP contribution is 2.29. The van der Waals surface area contributed by atoms with Gasteiger partial charge in [-0.15, -0.1) is 0 Å². The summed E-state index contributed by atoms with van der Waals surface area (Å²) in [6.07, 6.45) is 9.43. The Morgan fingerprint density at radius 1 is 1.18 bits per heavy atom. The largest absolute Gasteiger partial charge is 0.412 e. The summed E-state index contributed by atoms with van der Waals surface area (Å²) in [6.45, 7) is 11.6.